The molecule has 5 nitrogen and oxygen atoms in total. The number of rotatable bonds is 5. The zero-order valence-corrected chi connectivity index (χ0v) is 14.1. The summed E-state index contributed by atoms with van der Waals surface area (Å²) in [7, 11) is 1.51. The van der Waals surface area contributed by atoms with Crippen LogP contribution in [0.2, 0.25) is 5.02 Å². The summed E-state index contributed by atoms with van der Waals surface area (Å²) < 4.78 is 5.17. The third kappa shape index (κ3) is 4.86. The van der Waals surface area contributed by atoms with E-state index in [2.05, 4.69) is 10.6 Å². The predicted molar refractivity (Wildman–Crippen MR) is 96.4 cm³/mol. The van der Waals surface area contributed by atoms with E-state index < -0.39 is 0 Å². The Balaban J connectivity index is 2.11. The molecule has 2 N–H and O–H groups in total. The molecule has 2 aromatic carbocycles. The highest BCUT2D eigenvalue weighted by Crippen LogP contribution is 2.27. The predicted octanol–water partition coefficient (Wildman–Crippen LogP) is 3.96. The quantitative estimate of drug-likeness (QED) is 0.807. The molecule has 0 saturated heterocycles. The van der Waals surface area contributed by atoms with Gasteiger partial charge in [0.1, 0.15) is 5.75 Å². The van der Waals surface area contributed by atoms with Crippen LogP contribution in [0.1, 0.15) is 12.5 Å². The lowest BCUT2D eigenvalue weighted by Gasteiger charge is -2.11. The van der Waals surface area contributed by atoms with Crippen LogP contribution in [-0.4, -0.2) is 18.9 Å². The maximum absolute atomic E-state index is 12.0. The molecule has 124 valence electrons. The zero-order chi connectivity index (χ0) is 17.5. The van der Waals surface area contributed by atoms with Gasteiger partial charge in [-0.05, 0) is 35.9 Å². The van der Waals surface area contributed by atoms with Crippen molar-refractivity contribution in [2.75, 3.05) is 17.7 Å². The number of anilines is 2. The second-order valence-corrected chi connectivity index (χ2v) is 5.35. The Morgan fingerprint density at radius 1 is 1.12 bits per heavy atom. The number of nitrogens with one attached hydrogen (secondary N) is 2. The monoisotopic (exact) mass is 344 g/mol. The number of ether oxygens (including phenoxy) is 1. The van der Waals surface area contributed by atoms with E-state index in [0.29, 0.717) is 22.1 Å². The van der Waals surface area contributed by atoms with Crippen LogP contribution in [-0.2, 0) is 9.59 Å². The normalized spacial score (nSPS) is 10.5. The Hall–Kier alpha value is -2.79. The summed E-state index contributed by atoms with van der Waals surface area (Å²) in [4.78, 5) is 23.3. The highest BCUT2D eigenvalue weighted by atomic mass is 35.5. The van der Waals surface area contributed by atoms with Gasteiger partial charge in [0.25, 0.3) is 0 Å². The van der Waals surface area contributed by atoms with Crippen molar-refractivity contribution in [1.29, 1.82) is 0 Å². The second kappa shape index (κ2) is 8.17. The van der Waals surface area contributed by atoms with Crippen molar-refractivity contribution in [2.45, 2.75) is 6.92 Å². The van der Waals surface area contributed by atoms with Crippen molar-refractivity contribution in [1.82, 2.24) is 0 Å². The van der Waals surface area contributed by atoms with Gasteiger partial charge < -0.3 is 15.4 Å². The molecule has 0 aliphatic carbocycles. The highest BCUT2D eigenvalue weighted by Gasteiger charge is 2.07. The minimum absolute atomic E-state index is 0.226. The molecule has 0 heterocycles. The van der Waals surface area contributed by atoms with Crippen LogP contribution in [0.5, 0.6) is 5.75 Å². The first-order valence-corrected chi connectivity index (χ1v) is 7.56. The Kier molecular flexibility index (Phi) is 5.98. The van der Waals surface area contributed by atoms with Crippen LogP contribution in [0.3, 0.4) is 0 Å². The average molecular weight is 345 g/mol. The first kappa shape index (κ1) is 17.6. The van der Waals surface area contributed by atoms with E-state index in [1.54, 1.807) is 30.3 Å². The highest BCUT2D eigenvalue weighted by molar-refractivity contribution is 6.32. The number of carbonyl (C=O) groups excluding carboxylic acids is 2. The number of benzene rings is 2. The molecule has 0 atom stereocenters. The lowest BCUT2D eigenvalue weighted by Crippen LogP contribution is -2.10. The number of carbonyl (C=O) groups is 2. The van der Waals surface area contributed by atoms with Crippen molar-refractivity contribution >= 4 is 40.9 Å². The summed E-state index contributed by atoms with van der Waals surface area (Å²) in [6.07, 6.45) is 3.03. The number of methoxy groups -OCH3 is 1. The topological polar surface area (TPSA) is 67.4 Å². The van der Waals surface area contributed by atoms with Crippen molar-refractivity contribution in [3.63, 3.8) is 0 Å². The van der Waals surface area contributed by atoms with Gasteiger partial charge in [-0.25, -0.2) is 0 Å². The maximum Gasteiger partial charge on any atom is 0.248 e. The van der Waals surface area contributed by atoms with Crippen molar-refractivity contribution in [3.8, 4) is 5.75 Å². The van der Waals surface area contributed by atoms with Crippen LogP contribution < -0.4 is 15.4 Å². The van der Waals surface area contributed by atoms with E-state index in [0.717, 1.165) is 5.56 Å². The Morgan fingerprint density at radius 3 is 2.54 bits per heavy atom. The zero-order valence-electron chi connectivity index (χ0n) is 13.3. The van der Waals surface area contributed by atoms with Gasteiger partial charge in [0.2, 0.25) is 11.8 Å². The standard InChI is InChI=1S/C18H17ClN2O3/c1-12(22)20-16-11-14(8-9-17(16)24-2)21-18(23)10-7-13-5-3-4-6-15(13)19/h3-11H,1-2H3,(H,20,22)(H,21,23)/b10-7+. The smallest absolute Gasteiger partial charge is 0.248 e. The van der Waals surface area contributed by atoms with Crippen molar-refractivity contribution < 1.29 is 14.3 Å². The molecule has 0 aliphatic rings. The molecule has 0 fully saturated rings. The van der Waals surface area contributed by atoms with Gasteiger partial charge in [-0.3, -0.25) is 9.59 Å². The number of halogens is 1. The fourth-order valence-electron chi connectivity index (χ4n) is 2.03. The molecule has 0 radical (unpaired) electrons. The molecule has 2 rings (SSSR count). The van der Waals surface area contributed by atoms with E-state index in [-0.39, 0.29) is 11.8 Å². The van der Waals surface area contributed by atoms with Crippen molar-refractivity contribution in [3.05, 3.63) is 59.1 Å². The molecule has 0 saturated carbocycles. The van der Waals surface area contributed by atoms with Crippen LogP contribution >= 0.6 is 11.6 Å². The molecule has 24 heavy (non-hydrogen) atoms. The Morgan fingerprint density at radius 2 is 1.88 bits per heavy atom. The fourth-order valence-corrected chi connectivity index (χ4v) is 2.23. The van der Waals surface area contributed by atoms with Gasteiger partial charge in [-0.2, -0.15) is 0 Å². The molecule has 0 aromatic heterocycles. The molecule has 0 aliphatic heterocycles. The van der Waals surface area contributed by atoms with Crippen molar-refractivity contribution in [2.24, 2.45) is 0 Å². The molecule has 6 heteroatoms. The third-order valence-electron chi connectivity index (χ3n) is 3.10. The number of amides is 2. The number of hydrogen-bond donors (Lipinski definition) is 2. The van der Waals surface area contributed by atoms with Crippen LogP contribution in [0, 0.1) is 0 Å². The summed E-state index contributed by atoms with van der Waals surface area (Å²) in [6, 6.07) is 12.2. The van der Waals surface area contributed by atoms with Crippen LogP contribution in [0.15, 0.2) is 48.5 Å². The number of hydrogen-bond acceptors (Lipinski definition) is 3. The van der Waals surface area contributed by atoms with Gasteiger partial charge >= 0.3 is 0 Å². The molecule has 0 bridgehead atoms. The molecule has 2 amide bonds. The summed E-state index contributed by atoms with van der Waals surface area (Å²) >= 11 is 6.03. The molecule has 0 spiro atoms. The lowest BCUT2D eigenvalue weighted by atomic mass is 10.2. The van der Waals surface area contributed by atoms with Crippen LogP contribution in [0.4, 0.5) is 11.4 Å². The minimum atomic E-state index is -0.311. The van der Waals surface area contributed by atoms with E-state index in [4.69, 9.17) is 16.3 Å². The SMILES string of the molecule is COc1ccc(NC(=O)/C=C/c2ccccc2Cl)cc1NC(C)=O. The minimum Gasteiger partial charge on any atom is -0.495 e. The average Bonchev–Trinajstić information content (AvgIpc) is 2.54. The van der Waals surface area contributed by atoms with Gasteiger partial charge in [-0.15, -0.1) is 0 Å². The van der Waals surface area contributed by atoms with Gasteiger partial charge in [0.15, 0.2) is 0 Å². The van der Waals surface area contributed by atoms with E-state index in [1.807, 2.05) is 18.2 Å². The third-order valence-corrected chi connectivity index (χ3v) is 3.44. The van der Waals surface area contributed by atoms with Gasteiger partial charge in [0.05, 0.1) is 12.8 Å². The fraction of sp³-hybridized carbons (Fsp3) is 0.111. The first-order valence-electron chi connectivity index (χ1n) is 7.19. The largest absolute Gasteiger partial charge is 0.495 e. The first-order chi connectivity index (χ1) is 11.5. The molecule has 0 unspecified atom stereocenters. The summed E-state index contributed by atoms with van der Waals surface area (Å²) in [5.74, 6) is -0.0286. The van der Waals surface area contributed by atoms with Crippen LogP contribution in [0.25, 0.3) is 6.08 Å². The molecular weight excluding hydrogens is 328 g/mol. The Bertz CT molecular complexity index is 788. The van der Waals surface area contributed by atoms with E-state index in [9.17, 15) is 9.59 Å². The van der Waals surface area contributed by atoms with Gasteiger partial charge in [0, 0.05) is 23.7 Å². The second-order valence-electron chi connectivity index (χ2n) is 4.94. The summed E-state index contributed by atoms with van der Waals surface area (Å²) in [6.45, 7) is 1.40. The molecule has 2 aromatic rings. The molecular formula is C18H17ClN2O3. The maximum atomic E-state index is 12.0. The summed E-state index contributed by atoms with van der Waals surface area (Å²) in [5, 5.41) is 5.94. The van der Waals surface area contributed by atoms with E-state index >= 15 is 0 Å². The van der Waals surface area contributed by atoms with Gasteiger partial charge in [-0.1, -0.05) is 29.8 Å². The summed E-state index contributed by atoms with van der Waals surface area (Å²) in [5.41, 5.74) is 1.77. The van der Waals surface area contributed by atoms with E-state index in [1.165, 1.54) is 20.1 Å². The Labute approximate surface area is 145 Å². The lowest BCUT2D eigenvalue weighted by molar-refractivity contribution is -0.114.